The van der Waals surface area contributed by atoms with Gasteiger partial charge >= 0.3 is 0 Å². The third-order valence-corrected chi connectivity index (χ3v) is 2.76. The number of benzene rings is 1. The Balaban J connectivity index is 1.72. The highest BCUT2D eigenvalue weighted by atomic mass is 15.2. The van der Waals surface area contributed by atoms with Gasteiger partial charge in [0, 0.05) is 24.6 Å². The predicted octanol–water partition coefficient (Wildman–Crippen LogP) is 2.97. The number of nitrogens with one attached hydrogen (secondary N) is 2. The zero-order valence-corrected chi connectivity index (χ0v) is 11.0. The minimum Gasteiger partial charge on any atom is -0.385 e. The molecule has 96 valence electrons. The molecule has 1 aromatic heterocycles. The van der Waals surface area contributed by atoms with Crippen LogP contribution in [0.2, 0.25) is 0 Å². The summed E-state index contributed by atoms with van der Waals surface area (Å²) >= 11 is 0. The van der Waals surface area contributed by atoms with Gasteiger partial charge in [0.1, 0.15) is 5.82 Å². The second kappa shape index (κ2) is 6.19. The molecule has 0 saturated carbocycles. The summed E-state index contributed by atoms with van der Waals surface area (Å²) in [5, 5.41) is 10.6. The first-order valence-corrected chi connectivity index (χ1v) is 6.46. The Morgan fingerprint density at radius 1 is 1.22 bits per heavy atom. The Morgan fingerprint density at radius 3 is 2.67 bits per heavy atom. The van der Waals surface area contributed by atoms with E-state index in [1.54, 1.807) is 0 Å². The van der Waals surface area contributed by atoms with Crippen LogP contribution in [0.1, 0.15) is 37.8 Å². The summed E-state index contributed by atoms with van der Waals surface area (Å²) in [7, 11) is 0. The Hall–Kier alpha value is -1.84. The third kappa shape index (κ3) is 3.58. The van der Waals surface area contributed by atoms with Gasteiger partial charge in [-0.1, -0.05) is 32.0 Å². The monoisotopic (exact) mass is 244 g/mol. The molecule has 0 aliphatic heterocycles. The van der Waals surface area contributed by atoms with Crippen LogP contribution in [0.25, 0.3) is 0 Å². The van der Waals surface area contributed by atoms with E-state index in [2.05, 4.69) is 46.5 Å². The molecule has 0 atom stereocenters. The van der Waals surface area contributed by atoms with Gasteiger partial charge in [0.2, 0.25) is 0 Å². The van der Waals surface area contributed by atoms with Gasteiger partial charge in [-0.15, -0.1) is 0 Å². The first-order chi connectivity index (χ1) is 8.75. The van der Waals surface area contributed by atoms with E-state index in [9.17, 15) is 0 Å². The summed E-state index contributed by atoms with van der Waals surface area (Å²) in [5.41, 5.74) is 1.16. The summed E-state index contributed by atoms with van der Waals surface area (Å²) in [4.78, 5) is 4.46. The smallest absolute Gasteiger partial charge is 0.153 e. The lowest BCUT2D eigenvalue weighted by atomic mass is 10.2. The lowest BCUT2D eigenvalue weighted by Crippen LogP contribution is -2.03. The molecule has 18 heavy (non-hydrogen) atoms. The lowest BCUT2D eigenvalue weighted by Gasteiger charge is -2.04. The van der Waals surface area contributed by atoms with Gasteiger partial charge < -0.3 is 5.32 Å². The molecule has 0 unspecified atom stereocenters. The lowest BCUT2D eigenvalue weighted by molar-refractivity contribution is 0.778. The van der Waals surface area contributed by atoms with E-state index in [1.165, 1.54) is 0 Å². The minimum atomic E-state index is 0.387. The van der Waals surface area contributed by atoms with Crippen molar-refractivity contribution in [1.82, 2.24) is 15.2 Å². The van der Waals surface area contributed by atoms with E-state index >= 15 is 0 Å². The van der Waals surface area contributed by atoms with Gasteiger partial charge in [-0.05, 0) is 18.6 Å². The van der Waals surface area contributed by atoms with Gasteiger partial charge in [0.25, 0.3) is 0 Å². The summed E-state index contributed by atoms with van der Waals surface area (Å²) in [6.45, 7) is 5.15. The fourth-order valence-corrected chi connectivity index (χ4v) is 1.72. The SMILES string of the molecule is CC(C)c1n[nH]c(CCCNc2ccccc2)n1. The maximum atomic E-state index is 4.46. The van der Waals surface area contributed by atoms with Crippen LogP contribution in [-0.4, -0.2) is 21.7 Å². The van der Waals surface area contributed by atoms with Crippen molar-refractivity contribution in [3.63, 3.8) is 0 Å². The highest BCUT2D eigenvalue weighted by Gasteiger charge is 2.06. The molecule has 0 fully saturated rings. The second-order valence-corrected chi connectivity index (χ2v) is 4.69. The summed E-state index contributed by atoms with van der Waals surface area (Å²) < 4.78 is 0. The quantitative estimate of drug-likeness (QED) is 0.768. The first kappa shape index (κ1) is 12.6. The van der Waals surface area contributed by atoms with Gasteiger partial charge in [-0.25, -0.2) is 4.98 Å². The molecule has 2 rings (SSSR count). The molecule has 2 aromatic rings. The topological polar surface area (TPSA) is 53.6 Å². The third-order valence-electron chi connectivity index (χ3n) is 2.76. The van der Waals surface area contributed by atoms with Crippen molar-refractivity contribution in [2.75, 3.05) is 11.9 Å². The fourth-order valence-electron chi connectivity index (χ4n) is 1.72. The van der Waals surface area contributed by atoms with Gasteiger partial charge in [0.05, 0.1) is 0 Å². The molecule has 0 bridgehead atoms. The summed E-state index contributed by atoms with van der Waals surface area (Å²) in [6.07, 6.45) is 1.97. The Morgan fingerprint density at radius 2 is 2.00 bits per heavy atom. The zero-order valence-electron chi connectivity index (χ0n) is 11.0. The maximum absolute atomic E-state index is 4.46. The number of hydrogen-bond acceptors (Lipinski definition) is 3. The molecular weight excluding hydrogens is 224 g/mol. The van der Waals surface area contributed by atoms with Crippen molar-refractivity contribution in [1.29, 1.82) is 0 Å². The number of aromatic nitrogens is 3. The Kier molecular flexibility index (Phi) is 4.34. The highest BCUT2D eigenvalue weighted by Crippen LogP contribution is 2.09. The number of anilines is 1. The molecule has 2 N–H and O–H groups in total. The van der Waals surface area contributed by atoms with Gasteiger partial charge in [-0.2, -0.15) is 5.10 Å². The van der Waals surface area contributed by atoms with Crippen LogP contribution in [0.15, 0.2) is 30.3 Å². The van der Waals surface area contributed by atoms with Crippen molar-refractivity contribution in [3.8, 4) is 0 Å². The fraction of sp³-hybridized carbons (Fsp3) is 0.429. The Labute approximate surface area is 108 Å². The number of H-pyrrole nitrogens is 1. The number of aryl methyl sites for hydroxylation is 1. The molecule has 0 aliphatic carbocycles. The average Bonchev–Trinajstić information content (AvgIpc) is 2.85. The van der Waals surface area contributed by atoms with Crippen LogP contribution < -0.4 is 5.32 Å². The normalized spacial score (nSPS) is 10.8. The van der Waals surface area contributed by atoms with Crippen LogP contribution in [-0.2, 0) is 6.42 Å². The zero-order chi connectivity index (χ0) is 12.8. The largest absolute Gasteiger partial charge is 0.385 e. The first-order valence-electron chi connectivity index (χ1n) is 6.46. The van der Waals surface area contributed by atoms with Crippen LogP contribution >= 0.6 is 0 Å². The number of nitrogens with zero attached hydrogens (tertiary/aromatic N) is 2. The van der Waals surface area contributed by atoms with E-state index in [1.807, 2.05) is 18.2 Å². The molecule has 4 nitrogen and oxygen atoms in total. The van der Waals surface area contributed by atoms with Crippen LogP contribution in [0.4, 0.5) is 5.69 Å². The molecule has 0 spiro atoms. The maximum Gasteiger partial charge on any atom is 0.153 e. The number of para-hydroxylation sites is 1. The standard InChI is InChI=1S/C14H20N4/c1-11(2)14-16-13(17-18-14)9-6-10-15-12-7-4-3-5-8-12/h3-5,7-8,11,15H,6,9-10H2,1-2H3,(H,16,17,18). The highest BCUT2D eigenvalue weighted by molar-refractivity contribution is 5.42. The van der Waals surface area contributed by atoms with Crippen LogP contribution in [0.5, 0.6) is 0 Å². The molecule has 0 radical (unpaired) electrons. The van der Waals surface area contributed by atoms with E-state index in [0.29, 0.717) is 5.92 Å². The average molecular weight is 244 g/mol. The second-order valence-electron chi connectivity index (χ2n) is 4.69. The van der Waals surface area contributed by atoms with Gasteiger partial charge in [0.15, 0.2) is 5.82 Å². The minimum absolute atomic E-state index is 0.387. The predicted molar refractivity (Wildman–Crippen MR) is 73.7 cm³/mol. The van der Waals surface area contributed by atoms with E-state index < -0.39 is 0 Å². The molecule has 1 aromatic carbocycles. The van der Waals surface area contributed by atoms with E-state index in [4.69, 9.17) is 0 Å². The molecule has 0 saturated heterocycles. The van der Waals surface area contributed by atoms with E-state index in [0.717, 1.165) is 36.7 Å². The Bertz CT molecular complexity index is 462. The van der Waals surface area contributed by atoms with Crippen molar-refractivity contribution < 1.29 is 0 Å². The van der Waals surface area contributed by atoms with E-state index in [-0.39, 0.29) is 0 Å². The molecule has 0 amide bonds. The number of hydrogen-bond donors (Lipinski definition) is 2. The molecule has 4 heteroatoms. The molecule has 1 heterocycles. The van der Waals surface area contributed by atoms with Gasteiger partial charge in [-0.3, -0.25) is 5.10 Å². The molecule has 0 aliphatic rings. The van der Waals surface area contributed by atoms with Crippen LogP contribution in [0, 0.1) is 0 Å². The van der Waals surface area contributed by atoms with Crippen molar-refractivity contribution in [3.05, 3.63) is 42.0 Å². The van der Waals surface area contributed by atoms with Crippen molar-refractivity contribution >= 4 is 5.69 Å². The molecular formula is C14H20N4. The van der Waals surface area contributed by atoms with Crippen molar-refractivity contribution in [2.45, 2.75) is 32.6 Å². The van der Waals surface area contributed by atoms with Crippen LogP contribution in [0.3, 0.4) is 0 Å². The summed E-state index contributed by atoms with van der Waals surface area (Å²) in [6, 6.07) is 10.2. The number of aromatic amines is 1. The number of rotatable bonds is 6. The van der Waals surface area contributed by atoms with Crippen molar-refractivity contribution in [2.24, 2.45) is 0 Å². The summed E-state index contributed by atoms with van der Waals surface area (Å²) in [5.74, 6) is 2.27.